The average molecular weight is 191 g/mol. The highest BCUT2D eigenvalue weighted by Gasteiger charge is 2.04. The number of rotatable bonds is 5. The molecular formula is C13H21N. The van der Waals surface area contributed by atoms with Crippen LogP contribution in [0.1, 0.15) is 44.7 Å². The number of hydrogen-bond acceptors (Lipinski definition) is 1. The molecule has 0 fully saturated rings. The third-order valence-corrected chi connectivity index (χ3v) is 2.52. The molecule has 0 aliphatic heterocycles. The minimum atomic E-state index is 0.218. The third kappa shape index (κ3) is 3.93. The van der Waals surface area contributed by atoms with Crippen molar-refractivity contribution in [3.63, 3.8) is 0 Å². The molecule has 1 rings (SSSR count). The van der Waals surface area contributed by atoms with Gasteiger partial charge in [-0.3, -0.25) is 0 Å². The van der Waals surface area contributed by atoms with E-state index in [9.17, 15) is 0 Å². The summed E-state index contributed by atoms with van der Waals surface area (Å²) in [6.45, 7) is 4.52. The summed E-state index contributed by atoms with van der Waals surface area (Å²) in [7, 11) is 0. The summed E-state index contributed by atoms with van der Waals surface area (Å²) in [4.78, 5) is 0. The van der Waals surface area contributed by atoms with E-state index in [2.05, 4.69) is 38.1 Å². The van der Waals surface area contributed by atoms with Crippen molar-refractivity contribution in [3.05, 3.63) is 35.9 Å². The van der Waals surface area contributed by atoms with E-state index in [0.717, 1.165) is 12.3 Å². The van der Waals surface area contributed by atoms with Crippen LogP contribution in [-0.4, -0.2) is 0 Å². The second kappa shape index (κ2) is 5.82. The van der Waals surface area contributed by atoms with Gasteiger partial charge in [0.2, 0.25) is 0 Å². The first kappa shape index (κ1) is 11.3. The van der Waals surface area contributed by atoms with E-state index < -0.39 is 0 Å². The first-order valence-electron chi connectivity index (χ1n) is 5.50. The van der Waals surface area contributed by atoms with Gasteiger partial charge in [0.25, 0.3) is 0 Å². The largest absolute Gasteiger partial charge is 0.324 e. The van der Waals surface area contributed by atoms with Crippen molar-refractivity contribution in [1.82, 2.24) is 0 Å². The molecule has 1 heteroatoms. The summed E-state index contributed by atoms with van der Waals surface area (Å²) in [5, 5.41) is 0. The van der Waals surface area contributed by atoms with E-state index in [0.29, 0.717) is 0 Å². The molecule has 0 aliphatic rings. The highest BCUT2D eigenvalue weighted by Crippen LogP contribution is 2.17. The number of nitrogens with two attached hydrogens (primary N) is 1. The van der Waals surface area contributed by atoms with Crippen LogP contribution in [0.15, 0.2) is 30.3 Å². The molecule has 0 radical (unpaired) electrons. The second-order valence-corrected chi connectivity index (χ2v) is 4.34. The van der Waals surface area contributed by atoms with Crippen molar-refractivity contribution in [1.29, 1.82) is 0 Å². The Balaban J connectivity index is 2.32. The number of benzene rings is 1. The molecule has 14 heavy (non-hydrogen) atoms. The number of hydrogen-bond donors (Lipinski definition) is 1. The Hall–Kier alpha value is -0.820. The average Bonchev–Trinajstić information content (AvgIpc) is 2.18. The summed E-state index contributed by atoms with van der Waals surface area (Å²) < 4.78 is 0. The minimum absolute atomic E-state index is 0.218. The molecule has 1 aromatic carbocycles. The second-order valence-electron chi connectivity index (χ2n) is 4.34. The quantitative estimate of drug-likeness (QED) is 0.757. The van der Waals surface area contributed by atoms with Crippen molar-refractivity contribution in [2.24, 2.45) is 11.7 Å². The Labute approximate surface area is 87.3 Å². The van der Waals surface area contributed by atoms with Gasteiger partial charge in [0.15, 0.2) is 0 Å². The predicted octanol–water partition coefficient (Wildman–Crippen LogP) is 3.51. The van der Waals surface area contributed by atoms with Crippen molar-refractivity contribution in [3.8, 4) is 0 Å². The standard InChI is InChI=1S/C13H21N/c1-11(2)7-6-10-13(14)12-8-4-3-5-9-12/h3-5,8-9,11,13H,6-7,10,14H2,1-2H3. The van der Waals surface area contributed by atoms with Crippen LogP contribution in [0.25, 0.3) is 0 Å². The van der Waals surface area contributed by atoms with E-state index in [1.54, 1.807) is 0 Å². The molecule has 0 amide bonds. The summed E-state index contributed by atoms with van der Waals surface area (Å²) in [5.41, 5.74) is 7.34. The van der Waals surface area contributed by atoms with Gasteiger partial charge in [0.1, 0.15) is 0 Å². The lowest BCUT2D eigenvalue weighted by atomic mass is 9.99. The van der Waals surface area contributed by atoms with Gasteiger partial charge in [-0.15, -0.1) is 0 Å². The van der Waals surface area contributed by atoms with Gasteiger partial charge in [0.05, 0.1) is 0 Å². The van der Waals surface area contributed by atoms with Crippen LogP contribution in [0.3, 0.4) is 0 Å². The van der Waals surface area contributed by atoms with Gasteiger partial charge >= 0.3 is 0 Å². The first-order valence-corrected chi connectivity index (χ1v) is 5.50. The van der Waals surface area contributed by atoms with Gasteiger partial charge in [-0.2, -0.15) is 0 Å². The van der Waals surface area contributed by atoms with Crippen molar-refractivity contribution >= 4 is 0 Å². The van der Waals surface area contributed by atoms with E-state index in [4.69, 9.17) is 5.73 Å². The molecule has 1 aromatic rings. The summed E-state index contributed by atoms with van der Waals surface area (Å²) in [5.74, 6) is 0.790. The maximum Gasteiger partial charge on any atom is 0.0294 e. The van der Waals surface area contributed by atoms with Crippen LogP contribution >= 0.6 is 0 Å². The van der Waals surface area contributed by atoms with Crippen LogP contribution in [0.4, 0.5) is 0 Å². The van der Waals surface area contributed by atoms with Crippen molar-refractivity contribution < 1.29 is 0 Å². The molecular weight excluding hydrogens is 170 g/mol. The van der Waals surface area contributed by atoms with Crippen LogP contribution in [-0.2, 0) is 0 Å². The maximum absolute atomic E-state index is 6.08. The zero-order valence-corrected chi connectivity index (χ0v) is 9.24. The molecule has 1 atom stereocenters. The molecule has 0 aromatic heterocycles. The topological polar surface area (TPSA) is 26.0 Å². The third-order valence-electron chi connectivity index (χ3n) is 2.52. The molecule has 1 unspecified atom stereocenters. The van der Waals surface area contributed by atoms with Crippen molar-refractivity contribution in [2.75, 3.05) is 0 Å². The fourth-order valence-electron chi connectivity index (χ4n) is 1.61. The lowest BCUT2D eigenvalue weighted by Gasteiger charge is -2.12. The lowest BCUT2D eigenvalue weighted by molar-refractivity contribution is 0.505. The van der Waals surface area contributed by atoms with E-state index in [1.165, 1.54) is 18.4 Å². The fourth-order valence-corrected chi connectivity index (χ4v) is 1.61. The molecule has 78 valence electrons. The Kier molecular flexibility index (Phi) is 4.68. The molecule has 1 nitrogen and oxygen atoms in total. The van der Waals surface area contributed by atoms with Gasteiger partial charge < -0.3 is 5.73 Å². The van der Waals surface area contributed by atoms with Crippen LogP contribution in [0.2, 0.25) is 0 Å². The Morgan fingerprint density at radius 3 is 2.29 bits per heavy atom. The molecule has 0 saturated carbocycles. The Bertz CT molecular complexity index is 241. The molecule has 0 heterocycles. The lowest BCUT2D eigenvalue weighted by Crippen LogP contribution is -2.10. The normalized spacial score (nSPS) is 13.1. The molecule has 0 bridgehead atoms. The summed E-state index contributed by atoms with van der Waals surface area (Å²) in [6.07, 6.45) is 3.61. The minimum Gasteiger partial charge on any atom is -0.324 e. The molecule has 0 spiro atoms. The van der Waals surface area contributed by atoms with E-state index in [1.807, 2.05) is 6.07 Å². The summed E-state index contributed by atoms with van der Waals surface area (Å²) >= 11 is 0. The maximum atomic E-state index is 6.08. The fraction of sp³-hybridized carbons (Fsp3) is 0.538. The molecule has 2 N–H and O–H groups in total. The monoisotopic (exact) mass is 191 g/mol. The molecule has 0 aliphatic carbocycles. The van der Waals surface area contributed by atoms with Crippen molar-refractivity contribution in [2.45, 2.75) is 39.2 Å². The predicted molar refractivity (Wildman–Crippen MR) is 62.1 cm³/mol. The zero-order chi connectivity index (χ0) is 10.4. The van der Waals surface area contributed by atoms with E-state index >= 15 is 0 Å². The SMILES string of the molecule is CC(C)CCCC(N)c1ccccc1. The van der Waals surface area contributed by atoms with Gasteiger partial charge in [-0.25, -0.2) is 0 Å². The van der Waals surface area contributed by atoms with Crippen LogP contribution in [0.5, 0.6) is 0 Å². The Morgan fingerprint density at radius 2 is 1.71 bits per heavy atom. The zero-order valence-electron chi connectivity index (χ0n) is 9.24. The molecule has 0 saturated heterocycles. The van der Waals surface area contributed by atoms with Gasteiger partial charge in [-0.1, -0.05) is 57.0 Å². The summed E-state index contributed by atoms with van der Waals surface area (Å²) in [6, 6.07) is 10.6. The van der Waals surface area contributed by atoms with E-state index in [-0.39, 0.29) is 6.04 Å². The van der Waals surface area contributed by atoms with Crippen LogP contribution in [0, 0.1) is 5.92 Å². The smallest absolute Gasteiger partial charge is 0.0294 e. The highest BCUT2D eigenvalue weighted by molar-refractivity contribution is 5.18. The van der Waals surface area contributed by atoms with Crippen LogP contribution < -0.4 is 5.73 Å². The van der Waals surface area contributed by atoms with Gasteiger partial charge in [0, 0.05) is 6.04 Å². The van der Waals surface area contributed by atoms with Gasteiger partial charge in [-0.05, 0) is 17.9 Å². The highest BCUT2D eigenvalue weighted by atomic mass is 14.6. The first-order chi connectivity index (χ1) is 6.70. The Morgan fingerprint density at radius 1 is 1.07 bits per heavy atom.